The zero-order valence-electron chi connectivity index (χ0n) is 13.2. The van der Waals surface area contributed by atoms with Crippen LogP contribution < -0.4 is 10.6 Å². The smallest absolute Gasteiger partial charge is 0.191 e. The molecule has 0 amide bonds. The third-order valence-electron chi connectivity index (χ3n) is 3.93. The van der Waals surface area contributed by atoms with Gasteiger partial charge in [0.1, 0.15) is 5.82 Å². The second-order valence-corrected chi connectivity index (χ2v) is 6.48. The van der Waals surface area contributed by atoms with Crippen molar-refractivity contribution in [1.82, 2.24) is 10.6 Å². The van der Waals surface area contributed by atoms with Crippen molar-refractivity contribution in [2.45, 2.75) is 24.7 Å². The summed E-state index contributed by atoms with van der Waals surface area (Å²) >= 11 is 1.85. The molecular weight excluding hydrogens is 412 g/mol. The first kappa shape index (κ1) is 19.5. The molecular formula is C16H25FIN3S. The lowest BCUT2D eigenvalue weighted by molar-refractivity contribution is 0.607. The second-order valence-electron chi connectivity index (χ2n) is 5.49. The topological polar surface area (TPSA) is 36.4 Å². The van der Waals surface area contributed by atoms with Gasteiger partial charge in [0.2, 0.25) is 0 Å². The molecule has 3 nitrogen and oxygen atoms in total. The van der Waals surface area contributed by atoms with Crippen LogP contribution in [0.1, 0.15) is 24.8 Å². The maximum atomic E-state index is 13.4. The SMILES string of the molecule is CN=C(NCCCSC)NCC1(c2cccc(F)c2)CC1.I. The average molecular weight is 437 g/mol. The molecule has 0 heterocycles. The van der Waals surface area contributed by atoms with Gasteiger partial charge < -0.3 is 10.6 Å². The molecule has 1 fully saturated rings. The Bertz CT molecular complexity index is 492. The van der Waals surface area contributed by atoms with Gasteiger partial charge in [-0.1, -0.05) is 12.1 Å². The van der Waals surface area contributed by atoms with Gasteiger partial charge in [-0.15, -0.1) is 24.0 Å². The number of guanidine groups is 1. The van der Waals surface area contributed by atoms with Crippen LogP contribution in [0.25, 0.3) is 0 Å². The highest BCUT2D eigenvalue weighted by Crippen LogP contribution is 2.47. The summed E-state index contributed by atoms with van der Waals surface area (Å²) in [5.41, 5.74) is 1.17. The zero-order chi connectivity index (χ0) is 15.1. The van der Waals surface area contributed by atoms with Crippen LogP contribution in [0.15, 0.2) is 29.3 Å². The molecule has 0 bridgehead atoms. The molecule has 0 radical (unpaired) electrons. The zero-order valence-corrected chi connectivity index (χ0v) is 16.3. The van der Waals surface area contributed by atoms with E-state index in [1.165, 1.54) is 6.07 Å². The monoisotopic (exact) mass is 437 g/mol. The van der Waals surface area contributed by atoms with Gasteiger partial charge in [0.15, 0.2) is 5.96 Å². The number of thioether (sulfide) groups is 1. The molecule has 2 N–H and O–H groups in total. The Morgan fingerprint density at radius 1 is 1.36 bits per heavy atom. The summed E-state index contributed by atoms with van der Waals surface area (Å²) in [5.74, 6) is 1.83. The van der Waals surface area contributed by atoms with Crippen molar-refractivity contribution in [3.05, 3.63) is 35.6 Å². The number of nitrogens with one attached hydrogen (secondary N) is 2. The summed E-state index contributed by atoms with van der Waals surface area (Å²) in [5, 5.41) is 6.70. The van der Waals surface area contributed by atoms with E-state index in [2.05, 4.69) is 21.9 Å². The Kier molecular flexibility index (Phi) is 8.53. The van der Waals surface area contributed by atoms with E-state index in [-0.39, 0.29) is 35.2 Å². The molecule has 0 saturated heterocycles. The van der Waals surface area contributed by atoms with E-state index >= 15 is 0 Å². The van der Waals surface area contributed by atoms with Crippen molar-refractivity contribution in [3.63, 3.8) is 0 Å². The molecule has 0 aromatic heterocycles. The average Bonchev–Trinajstić information content (AvgIpc) is 3.28. The fourth-order valence-corrected chi connectivity index (χ4v) is 2.87. The van der Waals surface area contributed by atoms with E-state index in [0.717, 1.165) is 49.6 Å². The van der Waals surface area contributed by atoms with Gasteiger partial charge in [-0.25, -0.2) is 4.39 Å². The molecule has 6 heteroatoms. The van der Waals surface area contributed by atoms with E-state index in [0.29, 0.717) is 0 Å². The normalized spacial score (nSPS) is 15.9. The quantitative estimate of drug-likeness (QED) is 0.297. The third-order valence-corrected chi connectivity index (χ3v) is 4.62. The molecule has 124 valence electrons. The van der Waals surface area contributed by atoms with Crippen LogP contribution in [0, 0.1) is 5.82 Å². The Hall–Kier alpha value is -0.500. The Balaban J connectivity index is 0.00000242. The maximum absolute atomic E-state index is 13.4. The molecule has 1 aromatic rings. The molecule has 0 spiro atoms. The van der Waals surface area contributed by atoms with Crippen LogP contribution in [0.2, 0.25) is 0 Å². The highest BCUT2D eigenvalue weighted by molar-refractivity contribution is 14.0. The van der Waals surface area contributed by atoms with Crippen molar-refractivity contribution >= 4 is 41.7 Å². The Labute approximate surface area is 154 Å². The van der Waals surface area contributed by atoms with Crippen LogP contribution in [-0.2, 0) is 5.41 Å². The van der Waals surface area contributed by atoms with Crippen LogP contribution in [0.3, 0.4) is 0 Å². The minimum Gasteiger partial charge on any atom is -0.356 e. The molecule has 2 rings (SSSR count). The molecule has 1 aromatic carbocycles. The van der Waals surface area contributed by atoms with Crippen molar-refractivity contribution < 1.29 is 4.39 Å². The van der Waals surface area contributed by atoms with Gasteiger partial charge in [-0.2, -0.15) is 11.8 Å². The fourth-order valence-electron chi connectivity index (χ4n) is 2.43. The van der Waals surface area contributed by atoms with Crippen molar-refractivity contribution in [3.8, 4) is 0 Å². The van der Waals surface area contributed by atoms with Crippen molar-refractivity contribution in [2.75, 3.05) is 32.1 Å². The van der Waals surface area contributed by atoms with E-state index in [9.17, 15) is 4.39 Å². The summed E-state index contributed by atoms with van der Waals surface area (Å²) in [7, 11) is 1.78. The molecule has 0 unspecified atom stereocenters. The van der Waals surface area contributed by atoms with Crippen LogP contribution >= 0.6 is 35.7 Å². The van der Waals surface area contributed by atoms with Gasteiger partial charge in [0.25, 0.3) is 0 Å². The van der Waals surface area contributed by atoms with Crippen LogP contribution in [0.4, 0.5) is 4.39 Å². The maximum Gasteiger partial charge on any atom is 0.191 e. The van der Waals surface area contributed by atoms with E-state index in [4.69, 9.17) is 0 Å². The number of aliphatic imine (C=N–C) groups is 1. The van der Waals surface area contributed by atoms with Crippen molar-refractivity contribution in [1.29, 1.82) is 0 Å². The number of hydrogen-bond acceptors (Lipinski definition) is 2. The minimum atomic E-state index is -0.154. The molecule has 1 saturated carbocycles. The molecule has 0 atom stereocenters. The number of benzene rings is 1. The lowest BCUT2D eigenvalue weighted by Gasteiger charge is -2.19. The minimum absolute atomic E-state index is 0. The first-order chi connectivity index (χ1) is 10.2. The fraction of sp³-hybridized carbons (Fsp3) is 0.562. The van der Waals surface area contributed by atoms with Crippen molar-refractivity contribution in [2.24, 2.45) is 4.99 Å². The lowest BCUT2D eigenvalue weighted by Crippen LogP contribution is -2.41. The van der Waals surface area contributed by atoms with E-state index < -0.39 is 0 Å². The van der Waals surface area contributed by atoms with Gasteiger partial charge in [0.05, 0.1) is 0 Å². The molecule has 1 aliphatic carbocycles. The van der Waals surface area contributed by atoms with Gasteiger partial charge >= 0.3 is 0 Å². The Morgan fingerprint density at radius 2 is 2.14 bits per heavy atom. The summed E-state index contributed by atoms with van der Waals surface area (Å²) in [6.07, 6.45) is 5.44. The Morgan fingerprint density at radius 3 is 2.73 bits per heavy atom. The third kappa shape index (κ3) is 5.61. The van der Waals surface area contributed by atoms with Crippen LogP contribution in [-0.4, -0.2) is 38.1 Å². The predicted octanol–water partition coefficient (Wildman–Crippen LogP) is 3.39. The summed E-state index contributed by atoms with van der Waals surface area (Å²) in [6, 6.07) is 6.97. The van der Waals surface area contributed by atoms with Gasteiger partial charge in [-0.3, -0.25) is 4.99 Å². The second kappa shape index (κ2) is 9.60. The number of halogens is 2. The van der Waals surface area contributed by atoms with Gasteiger partial charge in [-0.05, 0) is 49.0 Å². The predicted molar refractivity (Wildman–Crippen MR) is 105 cm³/mol. The number of hydrogen-bond donors (Lipinski definition) is 2. The summed E-state index contributed by atoms with van der Waals surface area (Å²) in [4.78, 5) is 4.24. The first-order valence-electron chi connectivity index (χ1n) is 7.40. The molecule has 1 aliphatic rings. The number of nitrogens with zero attached hydrogens (tertiary/aromatic N) is 1. The highest BCUT2D eigenvalue weighted by atomic mass is 127. The van der Waals surface area contributed by atoms with E-state index in [1.807, 2.05) is 17.8 Å². The van der Waals surface area contributed by atoms with Crippen LogP contribution in [0.5, 0.6) is 0 Å². The largest absolute Gasteiger partial charge is 0.356 e. The standard InChI is InChI=1S/C16H24FN3S.HI/c1-18-15(19-9-4-10-21-2)20-12-16(7-8-16)13-5-3-6-14(17)11-13;/h3,5-6,11H,4,7-10,12H2,1-2H3,(H2,18,19,20);1H. The molecule has 0 aliphatic heterocycles. The van der Waals surface area contributed by atoms with Gasteiger partial charge in [0, 0.05) is 25.6 Å². The van der Waals surface area contributed by atoms with E-state index in [1.54, 1.807) is 19.2 Å². The summed E-state index contributed by atoms with van der Waals surface area (Å²) in [6.45, 7) is 1.73. The first-order valence-corrected chi connectivity index (χ1v) is 8.79. The highest BCUT2D eigenvalue weighted by Gasteiger charge is 2.44. The summed E-state index contributed by atoms with van der Waals surface area (Å²) < 4.78 is 13.4. The molecule has 22 heavy (non-hydrogen) atoms. The lowest BCUT2D eigenvalue weighted by atomic mass is 9.96. The number of rotatable bonds is 7.